The molecule has 7 heteroatoms. The summed E-state index contributed by atoms with van der Waals surface area (Å²) in [5, 5.41) is 4.77. The van der Waals surface area contributed by atoms with Crippen molar-refractivity contribution in [1.29, 1.82) is 0 Å². The molecule has 0 atom stereocenters. The zero-order valence-corrected chi connectivity index (χ0v) is 17.7. The zero-order chi connectivity index (χ0) is 19.1. The highest BCUT2D eigenvalue weighted by molar-refractivity contribution is 7.89. The average Bonchev–Trinajstić information content (AvgIpc) is 3.23. The Bertz CT molecular complexity index is 721. The smallest absolute Gasteiger partial charge is 0.246 e. The van der Waals surface area contributed by atoms with Crippen molar-refractivity contribution in [2.24, 2.45) is 0 Å². The second-order valence-electron chi connectivity index (χ2n) is 9.07. The Morgan fingerprint density at radius 3 is 2.23 bits per heavy atom. The van der Waals surface area contributed by atoms with Gasteiger partial charge in [0.15, 0.2) is 0 Å². The molecule has 0 aromatic carbocycles. The van der Waals surface area contributed by atoms with Crippen molar-refractivity contribution in [1.82, 2.24) is 19.0 Å². The molecule has 0 radical (unpaired) electrons. The quantitative estimate of drug-likeness (QED) is 0.803. The lowest BCUT2D eigenvalue weighted by atomic mass is 9.92. The van der Waals surface area contributed by atoms with Crippen LogP contribution in [0.4, 0.5) is 0 Å². The minimum absolute atomic E-state index is 0.0684. The van der Waals surface area contributed by atoms with Crippen LogP contribution in [0.3, 0.4) is 0 Å². The third-order valence-electron chi connectivity index (χ3n) is 5.97. The maximum absolute atomic E-state index is 13.5. The minimum atomic E-state index is -3.55. The van der Waals surface area contributed by atoms with E-state index in [1.165, 1.54) is 12.8 Å². The van der Waals surface area contributed by atoms with E-state index in [-0.39, 0.29) is 11.5 Å². The predicted molar refractivity (Wildman–Crippen MR) is 104 cm³/mol. The van der Waals surface area contributed by atoms with E-state index >= 15 is 0 Å². The van der Waals surface area contributed by atoms with E-state index in [9.17, 15) is 8.42 Å². The van der Waals surface area contributed by atoms with Crippen LogP contribution in [0.1, 0.15) is 71.0 Å². The van der Waals surface area contributed by atoms with Crippen LogP contribution in [-0.4, -0.2) is 60.6 Å². The first kappa shape index (κ1) is 19.8. The molecule has 0 bridgehead atoms. The van der Waals surface area contributed by atoms with Crippen LogP contribution in [0.15, 0.2) is 11.1 Å². The van der Waals surface area contributed by atoms with Gasteiger partial charge in [-0.25, -0.2) is 8.42 Å². The summed E-state index contributed by atoms with van der Waals surface area (Å²) in [6.45, 7) is 8.02. The number of hydrogen-bond donors (Lipinski definition) is 0. The Labute approximate surface area is 158 Å². The molecule has 2 aliphatic rings. The summed E-state index contributed by atoms with van der Waals surface area (Å²) in [6.07, 6.45) is 8.16. The number of likely N-dealkylation sites (tertiary alicyclic amines) is 1. The summed E-state index contributed by atoms with van der Waals surface area (Å²) in [5.41, 5.74) is 0.393. The van der Waals surface area contributed by atoms with Crippen molar-refractivity contribution in [3.8, 4) is 0 Å². The molecule has 6 nitrogen and oxygen atoms in total. The maximum Gasteiger partial charge on any atom is 0.246 e. The number of sulfonamides is 1. The number of nitrogens with zero attached hydrogens (tertiary/aromatic N) is 4. The number of rotatable bonds is 4. The summed E-state index contributed by atoms with van der Waals surface area (Å²) in [4.78, 5) is 2.66. The fourth-order valence-electron chi connectivity index (χ4n) is 4.15. The molecule has 3 rings (SSSR count). The molecule has 1 saturated carbocycles. The van der Waals surface area contributed by atoms with Gasteiger partial charge < -0.3 is 4.90 Å². The van der Waals surface area contributed by atoms with Crippen LogP contribution in [0.2, 0.25) is 0 Å². The van der Waals surface area contributed by atoms with Crippen molar-refractivity contribution < 1.29 is 8.42 Å². The van der Waals surface area contributed by atoms with Crippen molar-refractivity contribution >= 4 is 10.0 Å². The summed E-state index contributed by atoms with van der Waals surface area (Å²) in [6, 6.07) is 0.410. The Balaban J connectivity index is 1.94. The summed E-state index contributed by atoms with van der Waals surface area (Å²) in [5.74, 6) is 0. The van der Waals surface area contributed by atoms with Crippen molar-refractivity contribution in [2.75, 3.05) is 27.2 Å². The molecule has 1 aliphatic carbocycles. The van der Waals surface area contributed by atoms with Crippen LogP contribution in [0, 0.1) is 0 Å². The first-order valence-corrected chi connectivity index (χ1v) is 11.3. The van der Waals surface area contributed by atoms with Crippen molar-refractivity contribution in [3.63, 3.8) is 0 Å². The monoisotopic (exact) mass is 382 g/mol. The van der Waals surface area contributed by atoms with Crippen LogP contribution in [0.5, 0.6) is 0 Å². The van der Waals surface area contributed by atoms with Gasteiger partial charge in [-0.1, -0.05) is 33.6 Å². The molecule has 1 saturated heterocycles. The molecule has 2 heterocycles. The van der Waals surface area contributed by atoms with Gasteiger partial charge in [-0.3, -0.25) is 4.68 Å². The highest BCUT2D eigenvalue weighted by Gasteiger charge is 2.37. The third kappa shape index (κ3) is 3.85. The van der Waals surface area contributed by atoms with Gasteiger partial charge in [0.05, 0.1) is 11.7 Å². The van der Waals surface area contributed by atoms with Gasteiger partial charge in [-0.2, -0.15) is 9.40 Å². The number of aromatic nitrogens is 2. The fourth-order valence-corrected chi connectivity index (χ4v) is 5.90. The molecule has 148 valence electrons. The molecule has 1 aromatic rings. The Kier molecular flexibility index (Phi) is 5.53. The zero-order valence-electron chi connectivity index (χ0n) is 16.9. The van der Waals surface area contributed by atoms with Gasteiger partial charge >= 0.3 is 0 Å². The molecular weight excluding hydrogens is 348 g/mol. The second kappa shape index (κ2) is 7.24. The molecule has 0 N–H and O–H groups in total. The molecule has 1 aromatic heterocycles. The highest BCUT2D eigenvalue weighted by atomic mass is 32.2. The van der Waals surface area contributed by atoms with Gasteiger partial charge in [-0.05, 0) is 45.8 Å². The Hall–Kier alpha value is -0.920. The molecule has 26 heavy (non-hydrogen) atoms. The van der Waals surface area contributed by atoms with E-state index in [1.54, 1.807) is 17.5 Å². The second-order valence-corrected chi connectivity index (χ2v) is 11.0. The van der Waals surface area contributed by atoms with E-state index in [4.69, 9.17) is 5.10 Å². The standard InChI is InChI=1S/C19H34N4O2S/c1-19(2,3)18-17(14-23(20-18)16-8-6-7-9-16)26(24,25)22(5)15-10-12-21(4)13-11-15/h14-16H,6-13H2,1-5H3. The van der Waals surface area contributed by atoms with Crippen LogP contribution in [0.25, 0.3) is 0 Å². The first-order chi connectivity index (χ1) is 12.1. The molecule has 0 unspecified atom stereocenters. The summed E-state index contributed by atoms with van der Waals surface area (Å²) >= 11 is 0. The fraction of sp³-hybridized carbons (Fsp3) is 0.842. The van der Waals surface area contributed by atoms with Gasteiger partial charge in [0.25, 0.3) is 0 Å². The Morgan fingerprint density at radius 2 is 1.69 bits per heavy atom. The first-order valence-electron chi connectivity index (χ1n) is 9.87. The largest absolute Gasteiger partial charge is 0.306 e. The topological polar surface area (TPSA) is 58.4 Å². The SMILES string of the molecule is CN1CCC(N(C)S(=O)(=O)c2cn(C3CCCC3)nc2C(C)(C)C)CC1. The lowest BCUT2D eigenvalue weighted by Crippen LogP contribution is -2.44. The molecule has 0 spiro atoms. The normalized spacial score (nSPS) is 21.8. The van der Waals surface area contributed by atoms with E-state index in [2.05, 4.69) is 11.9 Å². The highest BCUT2D eigenvalue weighted by Crippen LogP contribution is 2.35. The lowest BCUT2D eigenvalue weighted by molar-refractivity contribution is 0.197. The van der Waals surface area contributed by atoms with Crippen molar-refractivity contribution in [3.05, 3.63) is 11.9 Å². The average molecular weight is 383 g/mol. The molecule has 2 fully saturated rings. The van der Waals surface area contributed by atoms with Gasteiger partial charge in [0.2, 0.25) is 10.0 Å². The maximum atomic E-state index is 13.5. The van der Waals surface area contributed by atoms with E-state index in [0.717, 1.165) is 38.8 Å². The molecule has 0 amide bonds. The predicted octanol–water partition coefficient (Wildman–Crippen LogP) is 3.01. The van der Waals surface area contributed by atoms with Gasteiger partial charge in [0.1, 0.15) is 4.90 Å². The number of piperidine rings is 1. The van der Waals surface area contributed by atoms with Crippen LogP contribution >= 0.6 is 0 Å². The summed E-state index contributed by atoms with van der Waals surface area (Å²) < 4.78 is 30.5. The van der Waals surface area contributed by atoms with Crippen LogP contribution < -0.4 is 0 Å². The molecule has 1 aliphatic heterocycles. The summed E-state index contributed by atoms with van der Waals surface area (Å²) in [7, 11) is 0.285. The van der Waals surface area contributed by atoms with Gasteiger partial charge in [0, 0.05) is 24.7 Å². The van der Waals surface area contributed by atoms with E-state index in [1.807, 2.05) is 25.5 Å². The van der Waals surface area contributed by atoms with E-state index in [0.29, 0.717) is 16.6 Å². The third-order valence-corrected chi connectivity index (χ3v) is 7.88. The minimum Gasteiger partial charge on any atom is -0.306 e. The van der Waals surface area contributed by atoms with Crippen LogP contribution in [-0.2, 0) is 15.4 Å². The molecular formula is C19H34N4O2S. The number of hydrogen-bond acceptors (Lipinski definition) is 4. The lowest BCUT2D eigenvalue weighted by Gasteiger charge is -2.34. The van der Waals surface area contributed by atoms with E-state index < -0.39 is 10.0 Å². The van der Waals surface area contributed by atoms with Gasteiger partial charge in [-0.15, -0.1) is 0 Å². The van der Waals surface area contributed by atoms with Crippen molar-refractivity contribution in [2.45, 2.75) is 81.7 Å². The Morgan fingerprint density at radius 1 is 1.12 bits per heavy atom.